The predicted molar refractivity (Wildman–Crippen MR) is 99.5 cm³/mol. The SMILES string of the molecule is O=C(Nc1ccccc1C(F)(F)F)C(=O)N1CCC(Cc2ccccc2)CC1. The third-order valence-corrected chi connectivity index (χ3v) is 4.94. The molecule has 0 unspecified atom stereocenters. The molecule has 1 aliphatic rings. The van der Waals surface area contributed by atoms with Crippen LogP contribution in [0.4, 0.5) is 18.9 Å². The molecular weight excluding hydrogens is 369 g/mol. The third-order valence-electron chi connectivity index (χ3n) is 4.94. The quantitative estimate of drug-likeness (QED) is 0.802. The maximum absolute atomic E-state index is 13.0. The average molecular weight is 390 g/mol. The number of benzene rings is 2. The van der Waals surface area contributed by atoms with Crippen LogP contribution in [0.15, 0.2) is 54.6 Å². The Morgan fingerprint density at radius 3 is 2.21 bits per heavy atom. The zero-order valence-corrected chi connectivity index (χ0v) is 15.2. The summed E-state index contributed by atoms with van der Waals surface area (Å²) in [5.74, 6) is -1.42. The largest absolute Gasteiger partial charge is 0.418 e. The highest BCUT2D eigenvalue weighted by molar-refractivity contribution is 6.39. The van der Waals surface area contributed by atoms with Gasteiger partial charge in [-0.15, -0.1) is 0 Å². The minimum absolute atomic E-state index is 0.410. The molecule has 3 rings (SSSR count). The Balaban J connectivity index is 1.56. The number of rotatable bonds is 3. The number of amides is 2. The molecule has 7 heteroatoms. The van der Waals surface area contributed by atoms with Gasteiger partial charge in [0.2, 0.25) is 0 Å². The highest BCUT2D eigenvalue weighted by Gasteiger charge is 2.34. The minimum Gasteiger partial charge on any atom is -0.334 e. The molecule has 2 amide bonds. The normalized spacial score (nSPS) is 15.3. The molecule has 1 heterocycles. The van der Waals surface area contributed by atoms with Gasteiger partial charge in [-0.3, -0.25) is 9.59 Å². The van der Waals surface area contributed by atoms with E-state index in [1.54, 1.807) is 0 Å². The maximum Gasteiger partial charge on any atom is 0.418 e. The molecule has 0 bridgehead atoms. The van der Waals surface area contributed by atoms with Gasteiger partial charge < -0.3 is 10.2 Å². The number of carbonyl (C=O) groups is 2. The van der Waals surface area contributed by atoms with Crippen LogP contribution in [0.25, 0.3) is 0 Å². The number of nitrogens with zero attached hydrogens (tertiary/aromatic N) is 1. The highest BCUT2D eigenvalue weighted by Crippen LogP contribution is 2.34. The molecule has 1 N–H and O–H groups in total. The maximum atomic E-state index is 13.0. The van der Waals surface area contributed by atoms with E-state index in [0.717, 1.165) is 31.4 Å². The van der Waals surface area contributed by atoms with Gasteiger partial charge in [-0.25, -0.2) is 0 Å². The molecule has 2 aromatic carbocycles. The molecule has 1 fully saturated rings. The van der Waals surface area contributed by atoms with Crippen LogP contribution in [0.2, 0.25) is 0 Å². The summed E-state index contributed by atoms with van der Waals surface area (Å²) in [6.45, 7) is 0.843. The van der Waals surface area contributed by atoms with E-state index in [4.69, 9.17) is 0 Å². The van der Waals surface area contributed by atoms with Crippen molar-refractivity contribution in [1.29, 1.82) is 0 Å². The molecule has 28 heavy (non-hydrogen) atoms. The Bertz CT molecular complexity index is 829. The van der Waals surface area contributed by atoms with Crippen molar-refractivity contribution in [2.45, 2.75) is 25.4 Å². The van der Waals surface area contributed by atoms with Crippen LogP contribution in [-0.2, 0) is 22.2 Å². The number of anilines is 1. The van der Waals surface area contributed by atoms with Crippen LogP contribution in [-0.4, -0.2) is 29.8 Å². The minimum atomic E-state index is -4.61. The summed E-state index contributed by atoms with van der Waals surface area (Å²) in [4.78, 5) is 26.0. The average Bonchev–Trinajstić information content (AvgIpc) is 2.68. The van der Waals surface area contributed by atoms with E-state index in [1.807, 2.05) is 18.2 Å². The first kappa shape index (κ1) is 19.9. The predicted octanol–water partition coefficient (Wildman–Crippen LogP) is 4.13. The van der Waals surface area contributed by atoms with E-state index in [9.17, 15) is 22.8 Å². The van der Waals surface area contributed by atoms with Crippen LogP contribution in [0, 0.1) is 5.92 Å². The first-order valence-corrected chi connectivity index (χ1v) is 9.15. The van der Waals surface area contributed by atoms with E-state index in [1.165, 1.54) is 22.6 Å². The molecule has 4 nitrogen and oxygen atoms in total. The summed E-state index contributed by atoms with van der Waals surface area (Å²) >= 11 is 0. The molecule has 0 aliphatic carbocycles. The van der Waals surface area contributed by atoms with Gasteiger partial charge in [-0.05, 0) is 42.9 Å². The monoisotopic (exact) mass is 390 g/mol. The van der Waals surface area contributed by atoms with Crippen LogP contribution in [0.1, 0.15) is 24.0 Å². The van der Waals surface area contributed by atoms with Crippen molar-refractivity contribution in [3.8, 4) is 0 Å². The third kappa shape index (κ3) is 4.91. The topological polar surface area (TPSA) is 49.4 Å². The lowest BCUT2D eigenvalue weighted by Crippen LogP contribution is -2.44. The van der Waals surface area contributed by atoms with E-state index < -0.39 is 29.2 Å². The van der Waals surface area contributed by atoms with Gasteiger partial charge in [0.1, 0.15) is 0 Å². The van der Waals surface area contributed by atoms with Crippen molar-refractivity contribution in [2.24, 2.45) is 5.92 Å². The fraction of sp³-hybridized carbons (Fsp3) is 0.333. The molecule has 148 valence electrons. The van der Waals surface area contributed by atoms with Crippen molar-refractivity contribution in [3.63, 3.8) is 0 Å². The zero-order chi connectivity index (χ0) is 20.1. The number of halogens is 3. The molecular formula is C21H21F3N2O2. The van der Waals surface area contributed by atoms with Gasteiger partial charge >= 0.3 is 18.0 Å². The second-order valence-electron chi connectivity index (χ2n) is 6.92. The van der Waals surface area contributed by atoms with Crippen molar-refractivity contribution in [3.05, 3.63) is 65.7 Å². The summed E-state index contributed by atoms with van der Waals surface area (Å²) in [5, 5.41) is 2.12. The molecule has 1 saturated heterocycles. The molecule has 0 radical (unpaired) electrons. The molecule has 1 aliphatic heterocycles. The van der Waals surface area contributed by atoms with Crippen molar-refractivity contribution < 1.29 is 22.8 Å². The lowest BCUT2D eigenvalue weighted by Gasteiger charge is -2.31. The smallest absolute Gasteiger partial charge is 0.334 e. The molecule has 0 aromatic heterocycles. The summed E-state index contributed by atoms with van der Waals surface area (Å²) in [6, 6.07) is 14.7. The molecule has 2 aromatic rings. The highest BCUT2D eigenvalue weighted by atomic mass is 19.4. The number of piperidine rings is 1. The van der Waals surface area contributed by atoms with Crippen LogP contribution in [0.5, 0.6) is 0 Å². The van der Waals surface area contributed by atoms with E-state index in [0.29, 0.717) is 19.0 Å². The van der Waals surface area contributed by atoms with Crippen LogP contribution >= 0.6 is 0 Å². The number of likely N-dealkylation sites (tertiary alicyclic amines) is 1. The van der Waals surface area contributed by atoms with Gasteiger partial charge in [0.05, 0.1) is 11.3 Å². The number of nitrogens with one attached hydrogen (secondary N) is 1. The molecule has 0 spiro atoms. The lowest BCUT2D eigenvalue weighted by atomic mass is 9.90. The van der Waals surface area contributed by atoms with Crippen molar-refractivity contribution in [1.82, 2.24) is 4.90 Å². The molecule has 0 saturated carbocycles. The first-order chi connectivity index (χ1) is 13.3. The fourth-order valence-electron chi connectivity index (χ4n) is 3.45. The van der Waals surface area contributed by atoms with E-state index >= 15 is 0 Å². The summed E-state index contributed by atoms with van der Waals surface area (Å²) in [5.41, 5.74) is -0.154. The van der Waals surface area contributed by atoms with Crippen molar-refractivity contribution in [2.75, 3.05) is 18.4 Å². The summed E-state index contributed by atoms with van der Waals surface area (Å²) in [6.07, 6.45) is -2.18. The van der Waals surface area contributed by atoms with Crippen molar-refractivity contribution >= 4 is 17.5 Å². The lowest BCUT2D eigenvalue weighted by molar-refractivity contribution is -0.144. The number of hydrogen-bond donors (Lipinski definition) is 1. The number of hydrogen-bond acceptors (Lipinski definition) is 2. The summed E-state index contributed by atoms with van der Waals surface area (Å²) < 4.78 is 39.1. The Morgan fingerprint density at radius 1 is 0.964 bits per heavy atom. The van der Waals surface area contributed by atoms with Gasteiger partial charge in [0.15, 0.2) is 0 Å². The van der Waals surface area contributed by atoms with Gasteiger partial charge in [-0.1, -0.05) is 42.5 Å². The molecule has 0 atom stereocenters. The Kier molecular flexibility index (Phi) is 6.02. The first-order valence-electron chi connectivity index (χ1n) is 9.15. The van der Waals surface area contributed by atoms with Gasteiger partial charge in [-0.2, -0.15) is 13.2 Å². The second-order valence-corrected chi connectivity index (χ2v) is 6.92. The fourth-order valence-corrected chi connectivity index (χ4v) is 3.45. The number of alkyl halides is 3. The number of carbonyl (C=O) groups excluding carboxylic acids is 2. The zero-order valence-electron chi connectivity index (χ0n) is 15.2. The van der Waals surface area contributed by atoms with E-state index in [-0.39, 0.29) is 0 Å². The second kappa shape index (κ2) is 8.46. The number of para-hydroxylation sites is 1. The standard InChI is InChI=1S/C21H21F3N2O2/c22-21(23,24)17-8-4-5-9-18(17)25-19(27)20(28)26-12-10-16(11-13-26)14-15-6-2-1-3-7-15/h1-9,16H,10-14H2,(H,25,27). The van der Waals surface area contributed by atoms with Crippen LogP contribution in [0.3, 0.4) is 0 Å². The van der Waals surface area contributed by atoms with Crippen LogP contribution < -0.4 is 5.32 Å². The van der Waals surface area contributed by atoms with Gasteiger partial charge in [0.25, 0.3) is 0 Å². The Labute approximate surface area is 161 Å². The van der Waals surface area contributed by atoms with Gasteiger partial charge in [0, 0.05) is 13.1 Å². The summed E-state index contributed by atoms with van der Waals surface area (Å²) in [7, 11) is 0. The van der Waals surface area contributed by atoms with E-state index in [2.05, 4.69) is 17.4 Å². The Hall–Kier alpha value is -2.83. The Morgan fingerprint density at radius 2 is 1.57 bits per heavy atom.